The number of nitrogens with zero attached hydrogens (tertiary/aromatic N) is 3. The van der Waals surface area contributed by atoms with E-state index in [-0.39, 0.29) is 0 Å². The molecular formula is C16H24N4. The molecule has 0 aromatic carbocycles. The fraction of sp³-hybridized carbons (Fsp3) is 0.562. The molecule has 4 heteroatoms. The summed E-state index contributed by atoms with van der Waals surface area (Å²) in [6.07, 6.45) is 3.17. The molecule has 0 bridgehead atoms. The second-order valence-electron chi connectivity index (χ2n) is 6.05. The van der Waals surface area contributed by atoms with Gasteiger partial charge in [0.05, 0.1) is 11.2 Å². The first-order chi connectivity index (χ1) is 9.74. The summed E-state index contributed by atoms with van der Waals surface area (Å²) < 4.78 is 2.26. The van der Waals surface area contributed by atoms with E-state index in [1.807, 2.05) is 0 Å². The lowest BCUT2D eigenvalue weighted by Crippen LogP contribution is -2.42. The van der Waals surface area contributed by atoms with Gasteiger partial charge in [-0.2, -0.15) is 0 Å². The normalized spacial score (nSPS) is 17.1. The highest BCUT2D eigenvalue weighted by molar-refractivity contribution is 5.53. The van der Waals surface area contributed by atoms with Crippen molar-refractivity contribution in [1.29, 1.82) is 0 Å². The molecule has 2 aromatic heterocycles. The zero-order valence-corrected chi connectivity index (χ0v) is 12.5. The van der Waals surface area contributed by atoms with Crippen LogP contribution in [0.1, 0.15) is 25.4 Å². The molecular weight excluding hydrogens is 248 g/mol. The van der Waals surface area contributed by atoms with Crippen LogP contribution in [-0.2, 0) is 13.0 Å². The van der Waals surface area contributed by atoms with E-state index in [9.17, 15) is 0 Å². The molecule has 0 amide bonds. The molecule has 1 N–H and O–H groups in total. The topological polar surface area (TPSA) is 32.6 Å². The van der Waals surface area contributed by atoms with Crippen molar-refractivity contribution in [2.24, 2.45) is 5.92 Å². The molecule has 3 heterocycles. The molecule has 1 aliphatic heterocycles. The summed E-state index contributed by atoms with van der Waals surface area (Å²) in [4.78, 5) is 7.42. The van der Waals surface area contributed by atoms with Crippen molar-refractivity contribution in [2.45, 2.75) is 26.8 Å². The minimum Gasteiger partial charge on any atom is -0.314 e. The Bertz CT molecular complexity index is 567. The third-order valence-corrected chi connectivity index (χ3v) is 3.87. The van der Waals surface area contributed by atoms with Gasteiger partial charge in [-0.25, -0.2) is 4.98 Å². The third-order valence-electron chi connectivity index (χ3n) is 3.87. The fourth-order valence-electron chi connectivity index (χ4n) is 2.88. The van der Waals surface area contributed by atoms with Crippen molar-refractivity contribution in [1.82, 2.24) is 19.6 Å². The Morgan fingerprint density at radius 3 is 2.80 bits per heavy atom. The van der Waals surface area contributed by atoms with Gasteiger partial charge in [0.15, 0.2) is 0 Å². The van der Waals surface area contributed by atoms with Gasteiger partial charge < -0.3 is 9.72 Å². The number of fused-ring (bicyclic) bond motifs is 1. The number of aromatic nitrogens is 2. The summed E-state index contributed by atoms with van der Waals surface area (Å²) >= 11 is 0. The van der Waals surface area contributed by atoms with E-state index in [0.29, 0.717) is 5.92 Å². The lowest BCUT2D eigenvalue weighted by atomic mass is 10.1. The van der Waals surface area contributed by atoms with Crippen molar-refractivity contribution in [2.75, 3.05) is 26.2 Å². The maximum absolute atomic E-state index is 4.92. The summed E-state index contributed by atoms with van der Waals surface area (Å²) in [7, 11) is 0. The largest absolute Gasteiger partial charge is 0.314 e. The molecule has 0 unspecified atom stereocenters. The third kappa shape index (κ3) is 2.86. The van der Waals surface area contributed by atoms with Crippen molar-refractivity contribution < 1.29 is 0 Å². The summed E-state index contributed by atoms with van der Waals surface area (Å²) in [6, 6.07) is 6.39. The van der Waals surface area contributed by atoms with Gasteiger partial charge in [0.25, 0.3) is 0 Å². The average molecular weight is 272 g/mol. The van der Waals surface area contributed by atoms with Crippen LogP contribution in [0, 0.1) is 5.92 Å². The minimum atomic E-state index is 0.632. The van der Waals surface area contributed by atoms with E-state index in [1.165, 1.54) is 17.0 Å². The Morgan fingerprint density at radius 1 is 1.25 bits per heavy atom. The smallest absolute Gasteiger partial charge is 0.113 e. The summed E-state index contributed by atoms with van der Waals surface area (Å²) in [6.45, 7) is 9.87. The number of piperazine rings is 1. The van der Waals surface area contributed by atoms with Crippen LogP contribution in [-0.4, -0.2) is 40.5 Å². The number of hydrogen-bond acceptors (Lipinski definition) is 3. The molecule has 3 rings (SSSR count). The van der Waals surface area contributed by atoms with Gasteiger partial charge in [-0.15, -0.1) is 0 Å². The summed E-state index contributed by atoms with van der Waals surface area (Å²) in [5.74, 6) is 1.83. The Balaban J connectivity index is 1.89. The van der Waals surface area contributed by atoms with Gasteiger partial charge in [-0.3, -0.25) is 4.90 Å². The number of imidazole rings is 1. The Hall–Kier alpha value is -1.39. The molecule has 0 aliphatic carbocycles. The molecule has 1 fully saturated rings. The second kappa shape index (κ2) is 5.94. The Labute approximate surface area is 120 Å². The van der Waals surface area contributed by atoms with Crippen LogP contribution in [0.2, 0.25) is 0 Å². The van der Waals surface area contributed by atoms with Crippen molar-refractivity contribution >= 4 is 5.52 Å². The lowest BCUT2D eigenvalue weighted by molar-refractivity contribution is 0.231. The van der Waals surface area contributed by atoms with Crippen LogP contribution in [0.5, 0.6) is 0 Å². The highest BCUT2D eigenvalue weighted by Gasteiger charge is 2.16. The van der Waals surface area contributed by atoms with Gasteiger partial charge >= 0.3 is 0 Å². The quantitative estimate of drug-likeness (QED) is 0.923. The van der Waals surface area contributed by atoms with Gasteiger partial charge in [0.1, 0.15) is 5.82 Å². The Kier molecular flexibility index (Phi) is 4.03. The number of nitrogens with one attached hydrogen (secondary N) is 1. The zero-order chi connectivity index (χ0) is 13.9. The van der Waals surface area contributed by atoms with E-state index in [0.717, 1.165) is 39.1 Å². The van der Waals surface area contributed by atoms with E-state index in [1.54, 1.807) is 0 Å². The molecule has 1 saturated heterocycles. The maximum Gasteiger partial charge on any atom is 0.113 e. The van der Waals surface area contributed by atoms with Gasteiger partial charge in [0.2, 0.25) is 0 Å². The maximum atomic E-state index is 4.92. The molecule has 1 aliphatic rings. The van der Waals surface area contributed by atoms with Crippen molar-refractivity contribution in [3.63, 3.8) is 0 Å². The van der Waals surface area contributed by atoms with E-state index in [2.05, 4.69) is 52.9 Å². The van der Waals surface area contributed by atoms with Gasteiger partial charge in [-0.1, -0.05) is 19.9 Å². The van der Waals surface area contributed by atoms with Crippen LogP contribution in [0.25, 0.3) is 5.52 Å². The van der Waals surface area contributed by atoms with Crippen molar-refractivity contribution in [3.8, 4) is 0 Å². The first-order valence-electron chi connectivity index (χ1n) is 7.62. The molecule has 0 saturated carbocycles. The van der Waals surface area contributed by atoms with E-state index in [4.69, 9.17) is 4.98 Å². The standard InChI is InChI=1S/C16H24N4/c1-13(2)11-16-18-14(12-19-9-6-17-7-10-19)15-5-3-4-8-20(15)16/h3-5,8,13,17H,6-7,9-12H2,1-2H3. The highest BCUT2D eigenvalue weighted by atomic mass is 15.2. The monoisotopic (exact) mass is 272 g/mol. The number of hydrogen-bond donors (Lipinski definition) is 1. The van der Waals surface area contributed by atoms with Crippen LogP contribution in [0.4, 0.5) is 0 Å². The Morgan fingerprint density at radius 2 is 2.05 bits per heavy atom. The lowest BCUT2D eigenvalue weighted by Gasteiger charge is -2.26. The first kappa shape index (κ1) is 13.6. The van der Waals surface area contributed by atoms with Crippen LogP contribution in [0.3, 0.4) is 0 Å². The fourth-order valence-corrected chi connectivity index (χ4v) is 2.88. The molecule has 0 spiro atoms. The van der Waals surface area contributed by atoms with Crippen LogP contribution in [0.15, 0.2) is 24.4 Å². The van der Waals surface area contributed by atoms with E-state index < -0.39 is 0 Å². The zero-order valence-electron chi connectivity index (χ0n) is 12.5. The van der Waals surface area contributed by atoms with Crippen LogP contribution >= 0.6 is 0 Å². The van der Waals surface area contributed by atoms with Gasteiger partial charge in [-0.05, 0) is 18.1 Å². The highest BCUT2D eigenvalue weighted by Crippen LogP contribution is 2.17. The molecule has 108 valence electrons. The van der Waals surface area contributed by atoms with E-state index >= 15 is 0 Å². The predicted octanol–water partition coefficient (Wildman–Crippen LogP) is 1.94. The average Bonchev–Trinajstić information content (AvgIpc) is 2.78. The molecule has 0 atom stereocenters. The second-order valence-corrected chi connectivity index (χ2v) is 6.05. The SMILES string of the molecule is CC(C)Cc1nc(CN2CCNCC2)c2ccccn12. The first-order valence-corrected chi connectivity index (χ1v) is 7.62. The number of pyridine rings is 1. The minimum absolute atomic E-state index is 0.632. The van der Waals surface area contributed by atoms with Crippen LogP contribution < -0.4 is 5.32 Å². The predicted molar refractivity (Wildman–Crippen MR) is 81.9 cm³/mol. The summed E-state index contributed by atoms with van der Waals surface area (Å²) in [5, 5.41) is 3.40. The molecule has 4 nitrogen and oxygen atoms in total. The van der Waals surface area contributed by atoms with Crippen molar-refractivity contribution in [3.05, 3.63) is 35.9 Å². The molecule has 20 heavy (non-hydrogen) atoms. The molecule has 2 aromatic rings. The summed E-state index contributed by atoms with van der Waals surface area (Å²) in [5.41, 5.74) is 2.49. The molecule has 0 radical (unpaired) electrons. The van der Waals surface area contributed by atoms with Gasteiger partial charge in [0, 0.05) is 45.3 Å². The number of rotatable bonds is 4.